The van der Waals surface area contributed by atoms with Crippen molar-refractivity contribution in [2.45, 2.75) is 20.0 Å². The van der Waals surface area contributed by atoms with Crippen LogP contribution in [-0.2, 0) is 4.74 Å². The van der Waals surface area contributed by atoms with Crippen molar-refractivity contribution in [1.82, 2.24) is 0 Å². The maximum absolute atomic E-state index is 4.84. The summed E-state index contributed by atoms with van der Waals surface area (Å²) in [5.41, 5.74) is 0. The summed E-state index contributed by atoms with van der Waals surface area (Å²) < 4.78 is 4.84. The van der Waals surface area contributed by atoms with Crippen LogP contribution in [0.15, 0.2) is 0 Å². The third kappa shape index (κ3) is 2.21. The molecule has 0 fully saturated rings. The van der Waals surface area contributed by atoms with Gasteiger partial charge in [0.05, 0.1) is 6.10 Å². The maximum atomic E-state index is 4.84. The van der Waals surface area contributed by atoms with Crippen LogP contribution in [0.3, 0.4) is 0 Å². The van der Waals surface area contributed by atoms with E-state index in [4.69, 9.17) is 4.74 Å². The molecule has 0 aromatic heterocycles. The predicted molar refractivity (Wildman–Crippen MR) is 26.4 cm³/mol. The number of hydrogen-bond acceptors (Lipinski definition) is 1. The van der Waals surface area contributed by atoms with Crippen molar-refractivity contribution in [3.63, 3.8) is 0 Å². The van der Waals surface area contributed by atoms with Gasteiger partial charge in [-0.2, -0.15) is 0 Å². The molecule has 0 aromatic rings. The highest BCUT2D eigenvalue weighted by molar-refractivity contribution is 4.63. The van der Waals surface area contributed by atoms with Crippen LogP contribution in [0.25, 0.3) is 0 Å². The molecule has 6 heavy (non-hydrogen) atoms. The standard InChI is InChI=1S/C5H11O/c1-4-5(2)6-3/h4-5H,1-3H3. The largest absolute Gasteiger partial charge is 0.381 e. The van der Waals surface area contributed by atoms with Crippen LogP contribution in [0, 0.1) is 6.42 Å². The van der Waals surface area contributed by atoms with Gasteiger partial charge in [0.1, 0.15) is 0 Å². The highest BCUT2D eigenvalue weighted by atomic mass is 16.5. The summed E-state index contributed by atoms with van der Waals surface area (Å²) in [7, 11) is 1.70. The molecule has 0 saturated carbocycles. The molecular weight excluding hydrogens is 76.1 g/mol. The molecule has 1 heteroatoms. The predicted octanol–water partition coefficient (Wildman–Crippen LogP) is 1.25. The monoisotopic (exact) mass is 87.1 g/mol. The van der Waals surface area contributed by atoms with Gasteiger partial charge in [0.2, 0.25) is 0 Å². The second-order valence-electron chi connectivity index (χ2n) is 1.27. The molecule has 37 valence electrons. The summed E-state index contributed by atoms with van der Waals surface area (Å²) in [4.78, 5) is 0. The van der Waals surface area contributed by atoms with Crippen LogP contribution in [0.2, 0.25) is 0 Å². The lowest BCUT2D eigenvalue weighted by molar-refractivity contribution is 0.144. The number of ether oxygens (including phenoxy) is 1. The molecule has 0 bridgehead atoms. The van der Waals surface area contributed by atoms with Gasteiger partial charge in [-0.25, -0.2) is 0 Å². The molecule has 0 amide bonds. The van der Waals surface area contributed by atoms with Crippen LogP contribution < -0.4 is 0 Å². The molecule has 0 spiro atoms. The minimum atomic E-state index is 0.310. The summed E-state index contributed by atoms with van der Waals surface area (Å²) in [6, 6.07) is 0. The van der Waals surface area contributed by atoms with Crippen molar-refractivity contribution in [2.75, 3.05) is 7.11 Å². The number of rotatable bonds is 2. The second kappa shape index (κ2) is 3.16. The Morgan fingerprint density at radius 1 is 1.67 bits per heavy atom. The Hall–Kier alpha value is -0.0400. The smallest absolute Gasteiger partial charge is 0.0572 e. The Morgan fingerprint density at radius 3 is 2.17 bits per heavy atom. The molecule has 0 aliphatic rings. The zero-order chi connectivity index (χ0) is 4.99. The van der Waals surface area contributed by atoms with E-state index >= 15 is 0 Å². The lowest BCUT2D eigenvalue weighted by atomic mass is 10.3. The van der Waals surface area contributed by atoms with E-state index in [2.05, 4.69) is 0 Å². The molecule has 1 unspecified atom stereocenters. The van der Waals surface area contributed by atoms with E-state index in [1.54, 1.807) is 7.11 Å². The Bertz CT molecular complexity index is 23.1. The van der Waals surface area contributed by atoms with E-state index in [1.165, 1.54) is 0 Å². The highest BCUT2D eigenvalue weighted by Crippen LogP contribution is 1.88. The molecule has 0 saturated heterocycles. The van der Waals surface area contributed by atoms with Crippen LogP contribution in [0.1, 0.15) is 13.8 Å². The number of hydrogen-bond donors (Lipinski definition) is 0. The van der Waals surface area contributed by atoms with Crippen molar-refractivity contribution < 1.29 is 4.74 Å². The first kappa shape index (κ1) is 5.96. The molecule has 1 atom stereocenters. The van der Waals surface area contributed by atoms with E-state index in [1.807, 2.05) is 20.3 Å². The zero-order valence-corrected chi connectivity index (χ0v) is 4.56. The van der Waals surface area contributed by atoms with Gasteiger partial charge in [-0.3, -0.25) is 0 Å². The van der Waals surface area contributed by atoms with Crippen LogP contribution in [0.5, 0.6) is 0 Å². The summed E-state index contributed by atoms with van der Waals surface area (Å²) in [6.45, 7) is 3.98. The zero-order valence-electron chi connectivity index (χ0n) is 4.56. The van der Waals surface area contributed by atoms with E-state index in [0.717, 1.165) is 0 Å². The van der Waals surface area contributed by atoms with Crippen molar-refractivity contribution in [3.05, 3.63) is 6.42 Å². The molecule has 0 N–H and O–H groups in total. The third-order valence-corrected chi connectivity index (χ3v) is 0.841. The van der Waals surface area contributed by atoms with E-state index in [0.29, 0.717) is 6.10 Å². The fraction of sp³-hybridized carbons (Fsp3) is 0.800. The van der Waals surface area contributed by atoms with Crippen molar-refractivity contribution >= 4 is 0 Å². The average molecular weight is 87.1 g/mol. The summed E-state index contributed by atoms with van der Waals surface area (Å²) in [5.74, 6) is 0. The van der Waals surface area contributed by atoms with Crippen molar-refractivity contribution in [2.24, 2.45) is 0 Å². The van der Waals surface area contributed by atoms with Gasteiger partial charge in [-0.05, 0) is 13.3 Å². The topological polar surface area (TPSA) is 9.23 Å². The normalized spacial score (nSPS) is 14.5. The fourth-order valence-electron chi connectivity index (χ4n) is 0.136. The van der Waals surface area contributed by atoms with E-state index < -0.39 is 0 Å². The van der Waals surface area contributed by atoms with Gasteiger partial charge in [0, 0.05) is 7.11 Å². The molecule has 0 rings (SSSR count). The van der Waals surface area contributed by atoms with Crippen molar-refractivity contribution in [3.8, 4) is 0 Å². The maximum Gasteiger partial charge on any atom is 0.0572 e. The fourth-order valence-corrected chi connectivity index (χ4v) is 0.136. The van der Waals surface area contributed by atoms with E-state index in [9.17, 15) is 0 Å². The Kier molecular flexibility index (Phi) is 3.14. The first-order valence-electron chi connectivity index (χ1n) is 2.13. The Labute approximate surface area is 39.3 Å². The van der Waals surface area contributed by atoms with Crippen LogP contribution in [-0.4, -0.2) is 13.2 Å². The summed E-state index contributed by atoms with van der Waals surface area (Å²) in [5, 5.41) is 0. The van der Waals surface area contributed by atoms with Crippen LogP contribution in [0.4, 0.5) is 0 Å². The lowest BCUT2D eigenvalue weighted by Crippen LogP contribution is -2.01. The SMILES string of the molecule is C[CH]C(C)OC. The van der Waals surface area contributed by atoms with Gasteiger partial charge in [-0.15, -0.1) is 0 Å². The van der Waals surface area contributed by atoms with Gasteiger partial charge < -0.3 is 4.74 Å². The quantitative estimate of drug-likeness (QED) is 0.492. The molecule has 0 aromatic carbocycles. The molecule has 0 aliphatic carbocycles. The first-order valence-corrected chi connectivity index (χ1v) is 2.13. The Balaban J connectivity index is 2.75. The summed E-state index contributed by atoms with van der Waals surface area (Å²) in [6.07, 6.45) is 2.31. The highest BCUT2D eigenvalue weighted by Gasteiger charge is 1.88. The summed E-state index contributed by atoms with van der Waals surface area (Å²) >= 11 is 0. The van der Waals surface area contributed by atoms with Gasteiger partial charge in [0.15, 0.2) is 0 Å². The third-order valence-electron chi connectivity index (χ3n) is 0.841. The molecule has 1 nitrogen and oxygen atoms in total. The molecular formula is C5H11O. The minimum Gasteiger partial charge on any atom is -0.381 e. The second-order valence-corrected chi connectivity index (χ2v) is 1.27. The number of methoxy groups -OCH3 is 1. The Morgan fingerprint density at radius 2 is 2.17 bits per heavy atom. The van der Waals surface area contributed by atoms with E-state index in [-0.39, 0.29) is 0 Å². The first-order chi connectivity index (χ1) is 2.81. The van der Waals surface area contributed by atoms with Gasteiger partial charge in [0.25, 0.3) is 0 Å². The molecule has 0 aliphatic heterocycles. The minimum absolute atomic E-state index is 0.310. The lowest BCUT2D eigenvalue weighted by Gasteiger charge is -2.01. The van der Waals surface area contributed by atoms with Crippen molar-refractivity contribution in [1.29, 1.82) is 0 Å². The average Bonchev–Trinajstić information content (AvgIpc) is 1.65. The molecule has 1 radical (unpaired) electrons. The van der Waals surface area contributed by atoms with Crippen LogP contribution >= 0.6 is 0 Å². The van der Waals surface area contributed by atoms with Gasteiger partial charge in [-0.1, -0.05) is 6.92 Å². The van der Waals surface area contributed by atoms with Gasteiger partial charge >= 0.3 is 0 Å². The molecule has 0 heterocycles.